The third-order valence-corrected chi connectivity index (χ3v) is 2.47. The maximum atomic E-state index is 13.7. The third-order valence-electron chi connectivity index (χ3n) is 2.47. The van der Waals surface area contributed by atoms with Crippen LogP contribution in [-0.2, 0) is 6.42 Å². The van der Waals surface area contributed by atoms with Gasteiger partial charge in [0.05, 0.1) is 0 Å². The van der Waals surface area contributed by atoms with E-state index in [0.29, 0.717) is 49.7 Å². The normalized spacial score (nSPS) is 13.9. The Morgan fingerprint density at radius 2 is 2.12 bits per heavy atom. The minimum atomic E-state index is -0.641. The van der Waals surface area contributed by atoms with Gasteiger partial charge < -0.3 is 20.3 Å². The van der Waals surface area contributed by atoms with Crippen molar-refractivity contribution in [1.82, 2.24) is 0 Å². The van der Waals surface area contributed by atoms with Crippen molar-refractivity contribution in [3.8, 4) is 17.2 Å². The van der Waals surface area contributed by atoms with Crippen LogP contribution < -0.4 is 15.2 Å². The lowest BCUT2D eigenvalue weighted by molar-refractivity contribution is 0.167. The van der Waals surface area contributed by atoms with E-state index in [1.165, 1.54) is 6.07 Å². The van der Waals surface area contributed by atoms with E-state index in [1.54, 1.807) is 0 Å². The van der Waals surface area contributed by atoms with Gasteiger partial charge in [0.25, 0.3) is 0 Å². The van der Waals surface area contributed by atoms with Crippen molar-refractivity contribution in [2.75, 3.05) is 19.8 Å². The lowest BCUT2D eigenvalue weighted by Crippen LogP contribution is -2.17. The van der Waals surface area contributed by atoms with Gasteiger partial charge in [0.15, 0.2) is 23.1 Å². The van der Waals surface area contributed by atoms with Crippen molar-refractivity contribution < 1.29 is 19.0 Å². The van der Waals surface area contributed by atoms with Crippen molar-refractivity contribution in [2.24, 2.45) is 5.73 Å². The molecule has 1 heterocycles. The number of rotatable bonds is 3. The summed E-state index contributed by atoms with van der Waals surface area (Å²) in [7, 11) is 0. The van der Waals surface area contributed by atoms with E-state index in [4.69, 9.17) is 15.2 Å². The molecule has 3 N–H and O–H groups in total. The van der Waals surface area contributed by atoms with Gasteiger partial charge in [0, 0.05) is 11.6 Å². The first-order chi connectivity index (χ1) is 7.74. The summed E-state index contributed by atoms with van der Waals surface area (Å²) >= 11 is 0. The molecule has 0 saturated heterocycles. The Morgan fingerprint density at radius 3 is 2.88 bits per heavy atom. The molecule has 2 rings (SSSR count). The van der Waals surface area contributed by atoms with Gasteiger partial charge in [-0.1, -0.05) is 0 Å². The summed E-state index contributed by atoms with van der Waals surface area (Å²) in [5, 5.41) is 9.41. The highest BCUT2D eigenvalue weighted by atomic mass is 19.1. The minimum absolute atomic E-state index is 0.347. The molecule has 0 spiro atoms. The molecule has 4 nitrogen and oxygen atoms in total. The molecule has 0 atom stereocenters. The Kier molecular flexibility index (Phi) is 3.14. The van der Waals surface area contributed by atoms with Crippen LogP contribution in [0.1, 0.15) is 12.0 Å². The van der Waals surface area contributed by atoms with E-state index in [2.05, 4.69) is 0 Å². The Labute approximate surface area is 92.8 Å². The molecule has 0 fully saturated rings. The Bertz CT molecular complexity index is 395. The largest absolute Gasteiger partial charge is 0.505 e. The SMILES string of the molecule is NCCCc1c(F)c(O)cc2c1OCCO2. The standard InChI is InChI=1S/C11H14FNO3/c12-10-7(2-1-3-13)11-9(6-8(10)14)15-4-5-16-11/h6,14H,1-5,13H2. The molecule has 0 aliphatic carbocycles. The molecular weight excluding hydrogens is 213 g/mol. The second kappa shape index (κ2) is 4.57. The number of phenols is 1. The van der Waals surface area contributed by atoms with E-state index in [9.17, 15) is 9.50 Å². The molecule has 5 heteroatoms. The van der Waals surface area contributed by atoms with Crippen molar-refractivity contribution in [3.05, 3.63) is 17.4 Å². The van der Waals surface area contributed by atoms with E-state index < -0.39 is 11.6 Å². The molecule has 16 heavy (non-hydrogen) atoms. The second-order valence-electron chi connectivity index (χ2n) is 3.60. The zero-order valence-electron chi connectivity index (χ0n) is 8.83. The van der Waals surface area contributed by atoms with Crippen LogP contribution in [0.4, 0.5) is 4.39 Å². The first-order valence-corrected chi connectivity index (χ1v) is 5.24. The van der Waals surface area contributed by atoms with Crippen LogP contribution in [0.25, 0.3) is 0 Å². The van der Waals surface area contributed by atoms with Gasteiger partial charge in [-0.3, -0.25) is 0 Å². The highest BCUT2D eigenvalue weighted by Crippen LogP contribution is 2.40. The fourth-order valence-corrected chi connectivity index (χ4v) is 1.72. The van der Waals surface area contributed by atoms with Crippen LogP contribution in [0, 0.1) is 5.82 Å². The lowest BCUT2D eigenvalue weighted by atomic mass is 10.1. The fraction of sp³-hybridized carbons (Fsp3) is 0.455. The predicted molar refractivity (Wildman–Crippen MR) is 56.4 cm³/mol. The lowest BCUT2D eigenvalue weighted by Gasteiger charge is -2.22. The number of halogens is 1. The Morgan fingerprint density at radius 1 is 1.38 bits per heavy atom. The number of phenolic OH excluding ortho intramolecular Hbond substituents is 1. The van der Waals surface area contributed by atoms with Gasteiger partial charge >= 0.3 is 0 Å². The smallest absolute Gasteiger partial charge is 0.171 e. The monoisotopic (exact) mass is 227 g/mol. The molecule has 1 aromatic rings. The molecule has 1 aliphatic heterocycles. The number of benzene rings is 1. The average Bonchev–Trinajstić information content (AvgIpc) is 2.30. The van der Waals surface area contributed by atoms with Crippen LogP contribution in [0.3, 0.4) is 0 Å². The number of ether oxygens (including phenoxy) is 2. The third kappa shape index (κ3) is 1.90. The second-order valence-corrected chi connectivity index (χ2v) is 3.60. The first kappa shape index (κ1) is 11.0. The van der Waals surface area contributed by atoms with Crippen molar-refractivity contribution in [1.29, 1.82) is 0 Å². The predicted octanol–water partition coefficient (Wildman–Crippen LogP) is 1.19. The fourth-order valence-electron chi connectivity index (χ4n) is 1.72. The Hall–Kier alpha value is -1.49. The van der Waals surface area contributed by atoms with Gasteiger partial charge in [0.2, 0.25) is 0 Å². The number of fused-ring (bicyclic) bond motifs is 1. The number of hydrogen-bond donors (Lipinski definition) is 2. The molecule has 1 aromatic carbocycles. The quantitative estimate of drug-likeness (QED) is 0.814. The zero-order valence-corrected chi connectivity index (χ0v) is 8.83. The van der Waals surface area contributed by atoms with Crippen LogP contribution in [0.5, 0.6) is 17.2 Å². The molecule has 0 saturated carbocycles. The Balaban J connectivity index is 2.41. The topological polar surface area (TPSA) is 64.7 Å². The molecule has 0 amide bonds. The van der Waals surface area contributed by atoms with Crippen LogP contribution in [0.15, 0.2) is 6.07 Å². The van der Waals surface area contributed by atoms with Gasteiger partial charge in [0.1, 0.15) is 13.2 Å². The summed E-state index contributed by atoms with van der Waals surface area (Å²) in [4.78, 5) is 0. The molecule has 0 aromatic heterocycles. The molecule has 0 radical (unpaired) electrons. The summed E-state index contributed by atoms with van der Waals surface area (Å²) in [5.41, 5.74) is 5.73. The van der Waals surface area contributed by atoms with Crippen LogP contribution >= 0.6 is 0 Å². The highest BCUT2D eigenvalue weighted by Gasteiger charge is 2.22. The molecule has 1 aliphatic rings. The number of hydrogen-bond acceptors (Lipinski definition) is 4. The highest BCUT2D eigenvalue weighted by molar-refractivity contribution is 5.53. The van der Waals surface area contributed by atoms with Crippen LogP contribution in [-0.4, -0.2) is 24.9 Å². The molecular formula is C11H14FNO3. The summed E-state index contributed by atoms with van der Waals surface area (Å²) in [6, 6.07) is 1.25. The summed E-state index contributed by atoms with van der Waals surface area (Å²) in [6.45, 7) is 1.27. The van der Waals surface area contributed by atoms with Gasteiger partial charge in [-0.15, -0.1) is 0 Å². The van der Waals surface area contributed by atoms with E-state index in [0.717, 1.165) is 0 Å². The summed E-state index contributed by atoms with van der Waals surface area (Å²) in [5.74, 6) is -0.249. The minimum Gasteiger partial charge on any atom is -0.505 e. The number of aromatic hydroxyl groups is 1. The molecule has 0 unspecified atom stereocenters. The van der Waals surface area contributed by atoms with Gasteiger partial charge in [-0.05, 0) is 19.4 Å². The van der Waals surface area contributed by atoms with Gasteiger partial charge in [-0.25, -0.2) is 4.39 Å². The summed E-state index contributed by atoms with van der Waals surface area (Å²) < 4.78 is 24.4. The number of nitrogens with two attached hydrogens (primary N) is 1. The van der Waals surface area contributed by atoms with Crippen LogP contribution in [0.2, 0.25) is 0 Å². The average molecular weight is 227 g/mol. The maximum Gasteiger partial charge on any atom is 0.171 e. The zero-order chi connectivity index (χ0) is 11.5. The van der Waals surface area contributed by atoms with E-state index in [-0.39, 0.29) is 0 Å². The van der Waals surface area contributed by atoms with Crippen molar-refractivity contribution in [3.63, 3.8) is 0 Å². The van der Waals surface area contributed by atoms with Crippen molar-refractivity contribution in [2.45, 2.75) is 12.8 Å². The van der Waals surface area contributed by atoms with E-state index in [1.807, 2.05) is 0 Å². The first-order valence-electron chi connectivity index (χ1n) is 5.24. The summed E-state index contributed by atoms with van der Waals surface area (Å²) in [6.07, 6.45) is 1.07. The van der Waals surface area contributed by atoms with E-state index >= 15 is 0 Å². The van der Waals surface area contributed by atoms with Gasteiger partial charge in [-0.2, -0.15) is 0 Å². The molecule has 0 bridgehead atoms. The molecule has 88 valence electrons. The maximum absolute atomic E-state index is 13.7. The van der Waals surface area contributed by atoms with Crippen molar-refractivity contribution >= 4 is 0 Å².